The Hall–Kier alpha value is -2.21. The van der Waals surface area contributed by atoms with E-state index >= 15 is 0 Å². The number of nitrogen functional groups attached to an aromatic ring is 1. The molecule has 0 fully saturated rings. The first-order chi connectivity index (χ1) is 10.0. The second kappa shape index (κ2) is 6.49. The molecular weight excluding hydrogens is 336 g/mol. The van der Waals surface area contributed by atoms with E-state index in [0.717, 1.165) is 4.47 Å². The van der Waals surface area contributed by atoms with Gasteiger partial charge in [0, 0.05) is 21.9 Å². The van der Waals surface area contributed by atoms with Crippen LogP contribution in [0.2, 0.25) is 0 Å². The third kappa shape index (κ3) is 3.66. The number of halogens is 1. The molecule has 1 amide bonds. The van der Waals surface area contributed by atoms with Gasteiger partial charge >= 0.3 is 0 Å². The Balaban J connectivity index is 2.30. The van der Waals surface area contributed by atoms with Crippen LogP contribution in [0.3, 0.4) is 0 Å². The third-order valence-electron chi connectivity index (χ3n) is 2.83. The van der Waals surface area contributed by atoms with Crippen molar-refractivity contribution < 1.29 is 14.3 Å². The molecule has 0 aromatic heterocycles. The Bertz CT molecular complexity index is 674. The molecule has 6 heteroatoms. The third-order valence-corrected chi connectivity index (χ3v) is 3.29. The zero-order valence-corrected chi connectivity index (χ0v) is 13.2. The molecule has 0 aliphatic rings. The Morgan fingerprint density at radius 1 is 1.14 bits per heavy atom. The van der Waals surface area contributed by atoms with Gasteiger partial charge in [-0.15, -0.1) is 0 Å². The molecule has 0 radical (unpaired) electrons. The van der Waals surface area contributed by atoms with Gasteiger partial charge in [-0.1, -0.05) is 15.9 Å². The van der Waals surface area contributed by atoms with Crippen LogP contribution in [-0.2, 0) is 0 Å². The number of carbonyl (C=O) groups is 1. The van der Waals surface area contributed by atoms with Crippen LogP contribution in [0, 0.1) is 0 Å². The molecule has 0 bridgehead atoms. The number of hydrogen-bond donors (Lipinski definition) is 2. The lowest BCUT2D eigenvalue weighted by Crippen LogP contribution is -2.13. The van der Waals surface area contributed by atoms with Crippen molar-refractivity contribution in [3.05, 3.63) is 46.4 Å². The Labute approximate surface area is 131 Å². The van der Waals surface area contributed by atoms with Crippen molar-refractivity contribution in [2.75, 3.05) is 25.3 Å². The molecule has 21 heavy (non-hydrogen) atoms. The first kappa shape index (κ1) is 15.2. The molecule has 0 aliphatic carbocycles. The predicted molar refractivity (Wildman–Crippen MR) is 86.1 cm³/mol. The number of nitrogens with one attached hydrogen (secondary N) is 1. The van der Waals surface area contributed by atoms with E-state index < -0.39 is 0 Å². The highest BCUT2D eigenvalue weighted by molar-refractivity contribution is 9.10. The van der Waals surface area contributed by atoms with Gasteiger partial charge in [-0.25, -0.2) is 0 Å². The lowest BCUT2D eigenvalue weighted by atomic mass is 10.1. The van der Waals surface area contributed by atoms with Gasteiger partial charge in [0.25, 0.3) is 5.91 Å². The fourth-order valence-electron chi connectivity index (χ4n) is 1.85. The summed E-state index contributed by atoms with van der Waals surface area (Å²) in [6.45, 7) is 0. The van der Waals surface area contributed by atoms with Crippen molar-refractivity contribution >= 4 is 33.2 Å². The van der Waals surface area contributed by atoms with Crippen LogP contribution in [0.25, 0.3) is 0 Å². The van der Waals surface area contributed by atoms with Gasteiger partial charge in [0.1, 0.15) is 11.5 Å². The minimum absolute atomic E-state index is 0.306. The Morgan fingerprint density at radius 2 is 1.90 bits per heavy atom. The summed E-state index contributed by atoms with van der Waals surface area (Å²) in [7, 11) is 3.07. The number of methoxy groups -OCH3 is 2. The summed E-state index contributed by atoms with van der Waals surface area (Å²) in [4.78, 5) is 12.4. The van der Waals surface area contributed by atoms with E-state index in [9.17, 15) is 4.79 Å². The molecule has 110 valence electrons. The van der Waals surface area contributed by atoms with Gasteiger partial charge in [-0.2, -0.15) is 0 Å². The summed E-state index contributed by atoms with van der Waals surface area (Å²) in [5, 5.41) is 2.79. The van der Waals surface area contributed by atoms with Gasteiger partial charge in [-0.3, -0.25) is 4.79 Å². The average molecular weight is 351 g/mol. The van der Waals surface area contributed by atoms with E-state index in [1.165, 1.54) is 7.11 Å². The molecule has 2 aromatic rings. The predicted octanol–water partition coefficient (Wildman–Crippen LogP) is 3.30. The van der Waals surface area contributed by atoms with Crippen molar-refractivity contribution in [3.63, 3.8) is 0 Å². The molecular formula is C15H15BrN2O3. The fourth-order valence-corrected chi connectivity index (χ4v) is 2.33. The van der Waals surface area contributed by atoms with Crippen molar-refractivity contribution in [2.24, 2.45) is 0 Å². The molecule has 0 saturated carbocycles. The highest BCUT2D eigenvalue weighted by Crippen LogP contribution is 2.26. The van der Waals surface area contributed by atoms with Gasteiger partial charge in [-0.05, 0) is 30.3 Å². The van der Waals surface area contributed by atoms with Crippen molar-refractivity contribution in [3.8, 4) is 11.5 Å². The topological polar surface area (TPSA) is 73.6 Å². The highest BCUT2D eigenvalue weighted by Gasteiger charge is 2.13. The number of carbonyl (C=O) groups excluding carboxylic acids is 1. The van der Waals surface area contributed by atoms with E-state index in [4.69, 9.17) is 15.2 Å². The van der Waals surface area contributed by atoms with E-state index in [0.29, 0.717) is 28.4 Å². The zero-order chi connectivity index (χ0) is 15.4. The van der Waals surface area contributed by atoms with Crippen molar-refractivity contribution in [1.82, 2.24) is 0 Å². The molecule has 5 nitrogen and oxygen atoms in total. The molecule has 0 atom stereocenters. The van der Waals surface area contributed by atoms with Gasteiger partial charge in [0.15, 0.2) is 0 Å². The fraction of sp³-hybridized carbons (Fsp3) is 0.133. The molecule has 0 unspecified atom stereocenters. The number of benzene rings is 2. The summed E-state index contributed by atoms with van der Waals surface area (Å²) in [5.41, 5.74) is 7.19. The second-order valence-corrected chi connectivity index (χ2v) is 5.21. The average Bonchev–Trinajstić information content (AvgIpc) is 2.46. The van der Waals surface area contributed by atoms with Gasteiger partial charge in [0.05, 0.1) is 19.8 Å². The van der Waals surface area contributed by atoms with Crippen LogP contribution in [0.1, 0.15) is 10.4 Å². The second-order valence-electron chi connectivity index (χ2n) is 4.29. The lowest BCUT2D eigenvalue weighted by Gasteiger charge is -2.11. The van der Waals surface area contributed by atoms with E-state index in [1.807, 2.05) is 0 Å². The number of hydrogen-bond acceptors (Lipinski definition) is 4. The number of rotatable bonds is 4. The standard InChI is InChI=1S/C15H15BrN2O3/c1-20-12-6-9(16)5-11(8-12)18-15(19)13-7-10(17)3-4-14(13)21-2/h3-8H,17H2,1-2H3,(H,18,19). The molecule has 0 spiro atoms. The normalized spacial score (nSPS) is 10.0. The van der Waals surface area contributed by atoms with Crippen LogP contribution in [0.15, 0.2) is 40.9 Å². The quantitative estimate of drug-likeness (QED) is 0.829. The maximum Gasteiger partial charge on any atom is 0.259 e. The minimum Gasteiger partial charge on any atom is -0.497 e. The van der Waals surface area contributed by atoms with Crippen LogP contribution in [0.5, 0.6) is 11.5 Å². The molecule has 0 saturated heterocycles. The van der Waals surface area contributed by atoms with E-state index in [-0.39, 0.29) is 5.91 Å². The number of amides is 1. The zero-order valence-electron chi connectivity index (χ0n) is 11.6. The molecule has 2 aromatic carbocycles. The number of ether oxygens (including phenoxy) is 2. The molecule has 0 aliphatic heterocycles. The summed E-state index contributed by atoms with van der Waals surface area (Å²) < 4.78 is 11.1. The summed E-state index contributed by atoms with van der Waals surface area (Å²) in [6.07, 6.45) is 0. The molecule has 3 N–H and O–H groups in total. The monoisotopic (exact) mass is 350 g/mol. The Kier molecular flexibility index (Phi) is 4.70. The maximum absolute atomic E-state index is 12.4. The summed E-state index contributed by atoms with van der Waals surface area (Å²) >= 11 is 3.36. The smallest absolute Gasteiger partial charge is 0.259 e. The van der Waals surface area contributed by atoms with Crippen LogP contribution in [-0.4, -0.2) is 20.1 Å². The minimum atomic E-state index is -0.306. The largest absolute Gasteiger partial charge is 0.497 e. The number of anilines is 2. The lowest BCUT2D eigenvalue weighted by molar-refractivity contribution is 0.102. The van der Waals surface area contributed by atoms with E-state index in [2.05, 4.69) is 21.2 Å². The number of nitrogens with two attached hydrogens (primary N) is 1. The first-order valence-electron chi connectivity index (χ1n) is 6.13. The van der Waals surface area contributed by atoms with Crippen LogP contribution in [0.4, 0.5) is 11.4 Å². The highest BCUT2D eigenvalue weighted by atomic mass is 79.9. The molecule has 2 rings (SSSR count). The summed E-state index contributed by atoms with van der Waals surface area (Å²) in [6, 6.07) is 10.2. The maximum atomic E-state index is 12.4. The first-order valence-corrected chi connectivity index (χ1v) is 6.92. The van der Waals surface area contributed by atoms with Gasteiger partial charge < -0.3 is 20.5 Å². The molecule has 0 heterocycles. The van der Waals surface area contributed by atoms with Crippen LogP contribution >= 0.6 is 15.9 Å². The van der Waals surface area contributed by atoms with E-state index in [1.54, 1.807) is 43.5 Å². The van der Waals surface area contributed by atoms with Gasteiger partial charge in [0.2, 0.25) is 0 Å². The SMILES string of the molecule is COc1cc(Br)cc(NC(=O)c2cc(N)ccc2OC)c1. The van der Waals surface area contributed by atoms with Crippen LogP contribution < -0.4 is 20.5 Å². The van der Waals surface area contributed by atoms with Crippen molar-refractivity contribution in [2.45, 2.75) is 0 Å². The summed E-state index contributed by atoms with van der Waals surface area (Å²) in [5.74, 6) is 0.794. The van der Waals surface area contributed by atoms with Crippen molar-refractivity contribution in [1.29, 1.82) is 0 Å². The Morgan fingerprint density at radius 3 is 2.57 bits per heavy atom.